The van der Waals surface area contributed by atoms with Crippen molar-refractivity contribution in [1.29, 1.82) is 0 Å². The summed E-state index contributed by atoms with van der Waals surface area (Å²) in [6.45, 7) is 5.20. The first-order valence-corrected chi connectivity index (χ1v) is 12.9. The molecule has 3 aromatic carbocycles. The minimum absolute atomic E-state index is 0.0169. The number of fused-ring (bicyclic) bond motifs is 2. The highest BCUT2D eigenvalue weighted by Gasteiger charge is 2.25. The number of hydrogen-bond donors (Lipinski definition) is 2. The Morgan fingerprint density at radius 1 is 1.03 bits per heavy atom. The van der Waals surface area contributed by atoms with Crippen molar-refractivity contribution in [3.63, 3.8) is 0 Å². The summed E-state index contributed by atoms with van der Waals surface area (Å²) in [5.41, 5.74) is 5.04. The molecule has 0 saturated carbocycles. The number of rotatable bonds is 5. The maximum atomic E-state index is 13.4. The molecule has 0 saturated heterocycles. The van der Waals surface area contributed by atoms with E-state index in [-0.39, 0.29) is 16.5 Å². The first-order valence-electron chi connectivity index (χ1n) is 11.3. The molecular formula is C26H27N5O3S. The van der Waals surface area contributed by atoms with Gasteiger partial charge in [-0.1, -0.05) is 42.5 Å². The fourth-order valence-corrected chi connectivity index (χ4v) is 5.48. The van der Waals surface area contributed by atoms with E-state index in [1.165, 1.54) is 17.2 Å². The topological polar surface area (TPSA) is 110 Å². The summed E-state index contributed by atoms with van der Waals surface area (Å²) in [5.74, 6) is 0.598. The van der Waals surface area contributed by atoms with Crippen LogP contribution in [0.25, 0.3) is 10.9 Å². The molecule has 0 amide bonds. The zero-order chi connectivity index (χ0) is 24.9. The second kappa shape index (κ2) is 8.51. The molecular weight excluding hydrogens is 462 g/mol. The van der Waals surface area contributed by atoms with Gasteiger partial charge in [-0.25, -0.2) is 18.5 Å². The van der Waals surface area contributed by atoms with E-state index < -0.39 is 10.0 Å². The average molecular weight is 490 g/mol. The molecule has 1 atom stereocenters. The Labute approximate surface area is 204 Å². The molecule has 0 radical (unpaired) electrons. The smallest absolute Gasteiger partial charge is 0.262 e. The molecule has 0 aliphatic carbocycles. The van der Waals surface area contributed by atoms with Crippen LogP contribution in [0.2, 0.25) is 0 Å². The third kappa shape index (κ3) is 4.17. The molecule has 0 fully saturated rings. The van der Waals surface area contributed by atoms with Gasteiger partial charge in [0, 0.05) is 25.7 Å². The van der Waals surface area contributed by atoms with Gasteiger partial charge in [-0.3, -0.25) is 9.36 Å². The minimum Gasteiger partial charge on any atom is -0.377 e. The van der Waals surface area contributed by atoms with Gasteiger partial charge in [0.25, 0.3) is 5.56 Å². The molecule has 35 heavy (non-hydrogen) atoms. The zero-order valence-electron chi connectivity index (χ0n) is 19.8. The van der Waals surface area contributed by atoms with Crippen molar-refractivity contribution < 1.29 is 8.42 Å². The van der Waals surface area contributed by atoms with E-state index in [4.69, 9.17) is 10.1 Å². The van der Waals surface area contributed by atoms with Crippen molar-refractivity contribution in [1.82, 2.24) is 9.55 Å². The molecule has 4 aromatic rings. The number of aryl methyl sites for hydroxylation is 1. The van der Waals surface area contributed by atoms with Gasteiger partial charge in [-0.2, -0.15) is 0 Å². The maximum absolute atomic E-state index is 13.4. The van der Waals surface area contributed by atoms with E-state index in [2.05, 4.69) is 22.3 Å². The molecule has 0 bridgehead atoms. The van der Waals surface area contributed by atoms with Crippen molar-refractivity contribution in [3.05, 3.63) is 93.3 Å². The van der Waals surface area contributed by atoms with E-state index in [0.717, 1.165) is 11.1 Å². The molecule has 0 spiro atoms. The van der Waals surface area contributed by atoms with Gasteiger partial charge in [0.15, 0.2) is 0 Å². The summed E-state index contributed by atoms with van der Waals surface area (Å²) >= 11 is 0. The molecule has 8 nitrogen and oxygen atoms in total. The molecule has 1 aliphatic rings. The number of primary sulfonamides is 1. The number of hydrogen-bond acceptors (Lipinski definition) is 6. The molecule has 2 heterocycles. The number of nitrogens with two attached hydrogens (primary N) is 1. The molecule has 3 N–H and O–H groups in total. The highest BCUT2D eigenvalue weighted by molar-refractivity contribution is 7.89. The third-order valence-electron chi connectivity index (χ3n) is 6.49. The van der Waals surface area contributed by atoms with E-state index in [9.17, 15) is 13.2 Å². The van der Waals surface area contributed by atoms with E-state index in [1.54, 1.807) is 29.8 Å². The van der Waals surface area contributed by atoms with Crippen LogP contribution in [0.15, 0.2) is 70.4 Å². The Balaban J connectivity index is 1.61. The van der Waals surface area contributed by atoms with Crippen LogP contribution in [0.1, 0.15) is 35.2 Å². The lowest BCUT2D eigenvalue weighted by Gasteiger charge is -2.23. The second-order valence-electron chi connectivity index (χ2n) is 9.06. The van der Waals surface area contributed by atoms with Crippen molar-refractivity contribution >= 4 is 32.6 Å². The Bertz CT molecular complexity index is 1600. The summed E-state index contributed by atoms with van der Waals surface area (Å²) < 4.78 is 25.8. The Kier molecular flexibility index (Phi) is 5.61. The van der Waals surface area contributed by atoms with Crippen molar-refractivity contribution in [3.8, 4) is 0 Å². The van der Waals surface area contributed by atoms with Crippen LogP contribution in [-0.4, -0.2) is 18.0 Å². The van der Waals surface area contributed by atoms with Gasteiger partial charge < -0.3 is 10.2 Å². The first-order chi connectivity index (χ1) is 16.6. The molecule has 1 aliphatic heterocycles. The molecule has 1 aromatic heterocycles. The molecule has 9 heteroatoms. The zero-order valence-corrected chi connectivity index (χ0v) is 20.6. The number of aromatic nitrogens is 2. The standard InChI is InChI=1S/C26H27N5O3S/c1-16-12-20(17(2)28-22-10-6-7-11-23(22)35(27,33)34)24-21(13-16)25(32)30(3)26(29-24)31-14-18-8-4-5-9-19(18)15-31/h4-13,17,28H,14-15H2,1-3H3,(H2,27,33,34). The molecule has 1 unspecified atom stereocenters. The monoisotopic (exact) mass is 489 g/mol. The van der Waals surface area contributed by atoms with Gasteiger partial charge in [-0.15, -0.1) is 0 Å². The average Bonchev–Trinajstić information content (AvgIpc) is 3.25. The van der Waals surface area contributed by atoms with E-state index in [1.807, 2.05) is 38.1 Å². The number of benzene rings is 3. The summed E-state index contributed by atoms with van der Waals surface area (Å²) in [7, 11) is -2.16. The van der Waals surface area contributed by atoms with Crippen LogP contribution in [0, 0.1) is 6.92 Å². The number of sulfonamides is 1. The van der Waals surface area contributed by atoms with Crippen molar-refractivity contribution in [2.45, 2.75) is 37.9 Å². The highest BCUT2D eigenvalue weighted by Crippen LogP contribution is 2.31. The van der Waals surface area contributed by atoms with Gasteiger partial charge in [0.05, 0.1) is 22.6 Å². The number of para-hydroxylation sites is 1. The predicted molar refractivity (Wildman–Crippen MR) is 138 cm³/mol. The third-order valence-corrected chi connectivity index (χ3v) is 7.46. The summed E-state index contributed by atoms with van der Waals surface area (Å²) in [6.07, 6.45) is 0. The lowest BCUT2D eigenvalue weighted by molar-refractivity contribution is 0.598. The van der Waals surface area contributed by atoms with Crippen molar-refractivity contribution in [2.24, 2.45) is 12.2 Å². The SMILES string of the molecule is Cc1cc(C(C)Nc2ccccc2S(N)(=O)=O)c2nc(N3Cc4ccccc4C3)n(C)c(=O)c2c1. The maximum Gasteiger partial charge on any atom is 0.262 e. The molecule has 180 valence electrons. The second-order valence-corrected chi connectivity index (χ2v) is 10.6. The normalized spacial score (nSPS) is 14.2. The van der Waals surface area contributed by atoms with Crippen LogP contribution < -0.4 is 20.9 Å². The predicted octanol–water partition coefficient (Wildman–Crippen LogP) is 3.58. The first kappa shape index (κ1) is 23.1. The van der Waals surface area contributed by atoms with Crippen LogP contribution in [0.3, 0.4) is 0 Å². The summed E-state index contributed by atoms with van der Waals surface area (Å²) in [4.78, 5) is 20.5. The number of nitrogens with one attached hydrogen (secondary N) is 1. The van der Waals surface area contributed by atoms with Crippen LogP contribution in [0.5, 0.6) is 0 Å². The Morgan fingerprint density at radius 3 is 2.31 bits per heavy atom. The fraction of sp³-hybridized carbons (Fsp3) is 0.231. The number of anilines is 2. The summed E-state index contributed by atoms with van der Waals surface area (Å²) in [6, 6.07) is 18.2. The van der Waals surface area contributed by atoms with Gasteiger partial charge >= 0.3 is 0 Å². The highest BCUT2D eigenvalue weighted by atomic mass is 32.2. The lowest BCUT2D eigenvalue weighted by Crippen LogP contribution is -2.28. The summed E-state index contributed by atoms with van der Waals surface area (Å²) in [5, 5.41) is 9.21. The largest absolute Gasteiger partial charge is 0.377 e. The Morgan fingerprint density at radius 2 is 1.66 bits per heavy atom. The Hall–Kier alpha value is -3.69. The fourth-order valence-electron chi connectivity index (χ4n) is 4.77. The number of nitrogens with zero attached hydrogens (tertiary/aromatic N) is 3. The quantitative estimate of drug-likeness (QED) is 0.443. The minimum atomic E-state index is -3.91. The van der Waals surface area contributed by atoms with Crippen LogP contribution >= 0.6 is 0 Å². The van der Waals surface area contributed by atoms with Crippen LogP contribution in [0.4, 0.5) is 11.6 Å². The van der Waals surface area contributed by atoms with Gasteiger partial charge in [-0.05, 0) is 48.7 Å². The van der Waals surface area contributed by atoms with E-state index >= 15 is 0 Å². The van der Waals surface area contributed by atoms with Gasteiger partial charge in [0.2, 0.25) is 16.0 Å². The van der Waals surface area contributed by atoms with Crippen molar-refractivity contribution in [2.75, 3.05) is 10.2 Å². The van der Waals surface area contributed by atoms with E-state index in [0.29, 0.717) is 35.6 Å². The van der Waals surface area contributed by atoms with Gasteiger partial charge in [0.1, 0.15) is 4.90 Å². The molecule has 5 rings (SSSR count). The van der Waals surface area contributed by atoms with Crippen LogP contribution in [-0.2, 0) is 30.2 Å². The lowest BCUT2D eigenvalue weighted by atomic mass is 10.0.